The zero-order chi connectivity index (χ0) is 18.7. The highest BCUT2D eigenvalue weighted by molar-refractivity contribution is 8.14. The first-order valence-corrected chi connectivity index (χ1v) is 9.56. The van der Waals surface area contributed by atoms with E-state index in [9.17, 15) is 18.0 Å². The normalized spacial score (nSPS) is 15.9. The second-order valence-electron chi connectivity index (χ2n) is 5.88. The van der Waals surface area contributed by atoms with Crippen LogP contribution in [0.1, 0.15) is 5.56 Å². The second kappa shape index (κ2) is 7.85. The van der Waals surface area contributed by atoms with E-state index >= 15 is 0 Å². The molecule has 1 fully saturated rings. The number of benzene rings is 1. The number of alkyl halides is 3. The van der Waals surface area contributed by atoms with Crippen molar-refractivity contribution in [2.45, 2.75) is 6.18 Å². The average molecular weight is 402 g/mol. The number of hydrogen-bond acceptors (Lipinski definition) is 6. The SMILES string of the molecule is CN1CCN(C(=O)SNc2nc(-c3cccc(C(F)(F)F)c3)cs2)CC1. The summed E-state index contributed by atoms with van der Waals surface area (Å²) in [7, 11) is 2.01. The van der Waals surface area contributed by atoms with E-state index in [1.807, 2.05) is 7.05 Å². The first-order chi connectivity index (χ1) is 12.3. The van der Waals surface area contributed by atoms with Crippen LogP contribution in [0, 0.1) is 0 Å². The van der Waals surface area contributed by atoms with Gasteiger partial charge in [-0.15, -0.1) is 11.3 Å². The predicted octanol–water partition coefficient (Wildman–Crippen LogP) is 4.26. The lowest BCUT2D eigenvalue weighted by atomic mass is 10.1. The Morgan fingerprint density at radius 3 is 2.69 bits per heavy atom. The van der Waals surface area contributed by atoms with Crippen molar-refractivity contribution in [2.24, 2.45) is 0 Å². The molecule has 0 aliphatic carbocycles. The summed E-state index contributed by atoms with van der Waals surface area (Å²) in [6.45, 7) is 3.03. The minimum atomic E-state index is -4.39. The highest BCUT2D eigenvalue weighted by Gasteiger charge is 2.30. The third-order valence-electron chi connectivity index (χ3n) is 3.98. The van der Waals surface area contributed by atoms with Gasteiger partial charge >= 0.3 is 11.4 Å². The zero-order valence-electron chi connectivity index (χ0n) is 13.9. The number of carbonyl (C=O) groups excluding carboxylic acids is 1. The summed E-state index contributed by atoms with van der Waals surface area (Å²) in [5, 5.41) is 2.05. The molecule has 2 aromatic rings. The van der Waals surface area contributed by atoms with Crippen LogP contribution in [0.2, 0.25) is 0 Å². The van der Waals surface area contributed by atoms with Crippen LogP contribution < -0.4 is 4.72 Å². The van der Waals surface area contributed by atoms with Crippen molar-refractivity contribution in [1.29, 1.82) is 0 Å². The van der Waals surface area contributed by atoms with Crippen molar-refractivity contribution < 1.29 is 18.0 Å². The molecular formula is C16H17F3N4OS2. The quantitative estimate of drug-likeness (QED) is 0.778. The average Bonchev–Trinajstić information content (AvgIpc) is 3.09. The van der Waals surface area contributed by atoms with Gasteiger partial charge in [0.1, 0.15) is 0 Å². The Hall–Kier alpha value is -1.78. The molecule has 10 heteroatoms. The van der Waals surface area contributed by atoms with E-state index in [1.54, 1.807) is 16.3 Å². The molecule has 1 amide bonds. The molecule has 26 heavy (non-hydrogen) atoms. The summed E-state index contributed by atoms with van der Waals surface area (Å²) in [5.41, 5.74) is 0.118. The van der Waals surface area contributed by atoms with Crippen LogP contribution in [-0.2, 0) is 6.18 Å². The molecule has 1 aliphatic heterocycles. The number of hydrogen-bond donors (Lipinski definition) is 1. The number of thiazole rings is 1. The minimum Gasteiger partial charge on any atom is -0.330 e. The number of nitrogens with zero attached hydrogens (tertiary/aromatic N) is 3. The standard InChI is InChI=1S/C16H17F3N4OS2/c1-22-5-7-23(8-6-22)15(24)26-21-14-20-13(10-25-14)11-3-2-4-12(9-11)16(17,18)19/h2-4,9-10H,5-8H2,1H3,(H,20,21). The monoisotopic (exact) mass is 402 g/mol. The van der Waals surface area contributed by atoms with Gasteiger partial charge in [-0.1, -0.05) is 12.1 Å². The van der Waals surface area contributed by atoms with Crippen molar-refractivity contribution in [3.63, 3.8) is 0 Å². The molecule has 0 radical (unpaired) electrons. The van der Waals surface area contributed by atoms with E-state index in [-0.39, 0.29) is 5.24 Å². The molecule has 1 N–H and O–H groups in total. The van der Waals surface area contributed by atoms with Crippen molar-refractivity contribution in [2.75, 3.05) is 37.9 Å². The fourth-order valence-corrected chi connectivity index (χ4v) is 3.86. The highest BCUT2D eigenvalue weighted by atomic mass is 32.2. The molecule has 1 aromatic heterocycles. The van der Waals surface area contributed by atoms with E-state index < -0.39 is 11.7 Å². The van der Waals surface area contributed by atoms with Gasteiger partial charge in [0.25, 0.3) is 0 Å². The molecule has 3 rings (SSSR count). The van der Waals surface area contributed by atoms with Gasteiger partial charge in [0, 0.05) is 49.1 Å². The van der Waals surface area contributed by atoms with Gasteiger partial charge in [-0.25, -0.2) is 4.98 Å². The van der Waals surface area contributed by atoms with E-state index in [0.29, 0.717) is 29.5 Å². The maximum atomic E-state index is 12.8. The molecule has 140 valence electrons. The Bertz CT molecular complexity index is 773. The molecular weight excluding hydrogens is 385 g/mol. The Morgan fingerprint density at radius 2 is 2.00 bits per heavy atom. The van der Waals surface area contributed by atoms with Crippen LogP contribution in [0.15, 0.2) is 29.6 Å². The summed E-state index contributed by atoms with van der Waals surface area (Å²) in [6.07, 6.45) is -4.39. The van der Waals surface area contributed by atoms with Crippen molar-refractivity contribution in [3.05, 3.63) is 35.2 Å². The lowest BCUT2D eigenvalue weighted by Gasteiger charge is -2.31. The number of amides is 1. The second-order valence-corrected chi connectivity index (χ2v) is 7.49. The Morgan fingerprint density at radius 1 is 1.27 bits per heavy atom. The molecule has 0 saturated carbocycles. The van der Waals surface area contributed by atoms with Crippen molar-refractivity contribution in [3.8, 4) is 11.3 Å². The molecule has 1 aliphatic rings. The van der Waals surface area contributed by atoms with Gasteiger partial charge in [-0.2, -0.15) is 13.2 Å². The molecule has 0 atom stereocenters. The summed E-state index contributed by atoms with van der Waals surface area (Å²) in [6, 6.07) is 5.04. The first-order valence-electron chi connectivity index (χ1n) is 7.86. The molecule has 1 saturated heterocycles. The van der Waals surface area contributed by atoms with Gasteiger partial charge in [-0.05, 0) is 19.2 Å². The smallest absolute Gasteiger partial charge is 0.330 e. The number of nitrogens with one attached hydrogen (secondary N) is 1. The molecule has 5 nitrogen and oxygen atoms in total. The number of halogens is 3. The maximum Gasteiger partial charge on any atom is 0.416 e. The van der Waals surface area contributed by atoms with Crippen LogP contribution in [0.3, 0.4) is 0 Å². The van der Waals surface area contributed by atoms with Gasteiger partial charge in [0.05, 0.1) is 11.3 Å². The van der Waals surface area contributed by atoms with E-state index in [0.717, 1.165) is 37.2 Å². The van der Waals surface area contributed by atoms with Crippen LogP contribution >= 0.6 is 23.3 Å². The van der Waals surface area contributed by atoms with E-state index in [2.05, 4.69) is 14.6 Å². The van der Waals surface area contributed by atoms with Crippen LogP contribution in [-0.4, -0.2) is 53.2 Å². The summed E-state index contributed by atoms with van der Waals surface area (Å²) < 4.78 is 41.3. The highest BCUT2D eigenvalue weighted by Crippen LogP contribution is 2.33. The zero-order valence-corrected chi connectivity index (χ0v) is 15.5. The van der Waals surface area contributed by atoms with Crippen molar-refractivity contribution in [1.82, 2.24) is 14.8 Å². The van der Waals surface area contributed by atoms with Crippen LogP contribution in [0.25, 0.3) is 11.3 Å². The number of piperazine rings is 1. The number of aromatic nitrogens is 1. The molecule has 2 heterocycles. The summed E-state index contributed by atoms with van der Waals surface area (Å²) >= 11 is 2.18. The lowest BCUT2D eigenvalue weighted by molar-refractivity contribution is -0.137. The molecule has 0 unspecified atom stereocenters. The molecule has 0 bridgehead atoms. The fourth-order valence-electron chi connectivity index (χ4n) is 2.45. The van der Waals surface area contributed by atoms with Gasteiger partial charge in [-0.3, -0.25) is 9.52 Å². The Labute approximate surface area is 157 Å². The third-order valence-corrected chi connectivity index (χ3v) is 5.59. The topological polar surface area (TPSA) is 48.5 Å². The van der Waals surface area contributed by atoms with E-state index in [4.69, 9.17) is 0 Å². The van der Waals surface area contributed by atoms with Crippen LogP contribution in [0.5, 0.6) is 0 Å². The maximum absolute atomic E-state index is 12.8. The largest absolute Gasteiger partial charge is 0.416 e. The number of anilines is 1. The fraction of sp³-hybridized carbons (Fsp3) is 0.375. The van der Waals surface area contributed by atoms with Crippen LogP contribution in [0.4, 0.5) is 23.1 Å². The molecule has 0 spiro atoms. The first kappa shape index (κ1) is 19.0. The van der Waals surface area contributed by atoms with Crippen molar-refractivity contribution >= 4 is 33.7 Å². The van der Waals surface area contributed by atoms with Gasteiger partial charge in [0.2, 0.25) is 0 Å². The Balaban J connectivity index is 1.61. The Kier molecular flexibility index (Phi) is 5.73. The number of likely N-dealkylation sites (N-methyl/N-ethyl adjacent to an activating group) is 1. The summed E-state index contributed by atoms with van der Waals surface area (Å²) in [4.78, 5) is 20.4. The lowest BCUT2D eigenvalue weighted by Crippen LogP contribution is -2.46. The third kappa shape index (κ3) is 4.68. The molecule has 1 aromatic carbocycles. The van der Waals surface area contributed by atoms with Gasteiger partial charge in [0.15, 0.2) is 5.13 Å². The predicted molar refractivity (Wildman–Crippen MR) is 98.2 cm³/mol. The summed E-state index contributed by atoms with van der Waals surface area (Å²) in [5.74, 6) is 0. The minimum absolute atomic E-state index is 0.0890. The van der Waals surface area contributed by atoms with Gasteiger partial charge < -0.3 is 9.80 Å². The number of carbonyl (C=O) groups is 1. The number of rotatable bonds is 3. The van der Waals surface area contributed by atoms with E-state index in [1.165, 1.54) is 17.4 Å².